The highest BCUT2D eigenvalue weighted by Crippen LogP contribution is 2.36. The summed E-state index contributed by atoms with van der Waals surface area (Å²) in [5, 5.41) is 5.58. The summed E-state index contributed by atoms with van der Waals surface area (Å²) in [5.41, 5.74) is 2.05. The Morgan fingerprint density at radius 3 is 2.00 bits per heavy atom. The molecular weight excluding hydrogens is 488 g/mol. The van der Waals surface area contributed by atoms with Gasteiger partial charge in [0.25, 0.3) is 5.91 Å². The maximum absolute atomic E-state index is 12.6. The normalized spacial score (nSPS) is 10.5. The molecule has 3 aromatic carbocycles. The van der Waals surface area contributed by atoms with Crippen molar-refractivity contribution in [2.45, 2.75) is 0 Å². The maximum atomic E-state index is 12.6. The van der Waals surface area contributed by atoms with Crippen LogP contribution in [0.15, 0.2) is 71.2 Å². The van der Waals surface area contributed by atoms with Crippen LogP contribution in [0.4, 0.5) is 11.4 Å². The van der Waals surface area contributed by atoms with E-state index in [0.29, 0.717) is 34.2 Å². The largest absolute Gasteiger partial charge is 0.496 e. The molecule has 170 valence electrons. The molecule has 0 aliphatic heterocycles. The summed E-state index contributed by atoms with van der Waals surface area (Å²) in [6.45, 7) is 0. The van der Waals surface area contributed by atoms with E-state index < -0.39 is 0 Å². The van der Waals surface area contributed by atoms with Crippen LogP contribution >= 0.6 is 15.9 Å². The van der Waals surface area contributed by atoms with Crippen molar-refractivity contribution in [1.29, 1.82) is 0 Å². The van der Waals surface area contributed by atoms with Crippen LogP contribution < -0.4 is 24.8 Å². The van der Waals surface area contributed by atoms with Crippen LogP contribution in [-0.2, 0) is 4.79 Å². The molecule has 2 amide bonds. The molecule has 0 saturated heterocycles. The van der Waals surface area contributed by atoms with Gasteiger partial charge >= 0.3 is 0 Å². The fraction of sp³-hybridized carbons (Fsp3) is 0.120. The van der Waals surface area contributed by atoms with Crippen LogP contribution in [0.3, 0.4) is 0 Å². The first-order chi connectivity index (χ1) is 15.9. The molecule has 0 aliphatic rings. The summed E-state index contributed by atoms with van der Waals surface area (Å²) in [4.78, 5) is 25.1. The highest BCUT2D eigenvalue weighted by molar-refractivity contribution is 9.10. The summed E-state index contributed by atoms with van der Waals surface area (Å²) >= 11 is 3.41. The first kappa shape index (κ1) is 23.9. The van der Waals surface area contributed by atoms with Gasteiger partial charge in [-0.25, -0.2) is 0 Å². The molecular formula is C25H23BrN2O5. The Kier molecular flexibility index (Phi) is 8.10. The maximum Gasteiger partial charge on any atom is 0.255 e. The molecule has 3 aromatic rings. The number of carbonyl (C=O) groups excluding carboxylic acids is 2. The molecule has 0 bridgehead atoms. The second-order valence-electron chi connectivity index (χ2n) is 6.78. The molecule has 0 saturated carbocycles. The monoisotopic (exact) mass is 510 g/mol. The summed E-state index contributed by atoms with van der Waals surface area (Å²) < 4.78 is 17.0. The van der Waals surface area contributed by atoms with Gasteiger partial charge in [-0.15, -0.1) is 0 Å². The number of ether oxygens (including phenoxy) is 3. The number of methoxy groups -OCH3 is 3. The molecule has 7 nitrogen and oxygen atoms in total. The smallest absolute Gasteiger partial charge is 0.255 e. The van der Waals surface area contributed by atoms with Crippen LogP contribution in [0.1, 0.15) is 15.9 Å². The van der Waals surface area contributed by atoms with Crippen molar-refractivity contribution in [2.24, 2.45) is 0 Å². The van der Waals surface area contributed by atoms with E-state index in [4.69, 9.17) is 14.2 Å². The van der Waals surface area contributed by atoms with Gasteiger partial charge < -0.3 is 24.8 Å². The quantitative estimate of drug-likeness (QED) is 0.397. The highest BCUT2D eigenvalue weighted by Gasteiger charge is 2.15. The average Bonchev–Trinajstić information content (AvgIpc) is 2.83. The first-order valence-electron chi connectivity index (χ1n) is 9.90. The van der Waals surface area contributed by atoms with Crippen molar-refractivity contribution in [3.8, 4) is 17.2 Å². The van der Waals surface area contributed by atoms with E-state index in [1.54, 1.807) is 55.7 Å². The number of benzene rings is 3. The SMILES string of the molecule is COc1ccc(Br)cc1/C=C/C(=O)Nc1cc(OC)c(NC(=O)c2ccccc2)cc1OC. The lowest BCUT2D eigenvalue weighted by Crippen LogP contribution is -2.14. The Morgan fingerprint density at radius 1 is 0.788 bits per heavy atom. The number of hydrogen-bond donors (Lipinski definition) is 2. The van der Waals surface area contributed by atoms with Gasteiger partial charge in [-0.1, -0.05) is 34.1 Å². The number of hydrogen-bond acceptors (Lipinski definition) is 5. The minimum atomic E-state index is -0.376. The molecule has 0 aliphatic carbocycles. The fourth-order valence-electron chi connectivity index (χ4n) is 3.05. The summed E-state index contributed by atoms with van der Waals surface area (Å²) in [6, 6.07) is 17.5. The van der Waals surface area contributed by atoms with Crippen LogP contribution in [0.2, 0.25) is 0 Å². The number of amides is 2. The Morgan fingerprint density at radius 2 is 1.39 bits per heavy atom. The van der Waals surface area contributed by atoms with Crippen molar-refractivity contribution in [1.82, 2.24) is 0 Å². The summed E-state index contributed by atoms with van der Waals surface area (Å²) in [5.74, 6) is 0.700. The van der Waals surface area contributed by atoms with Gasteiger partial charge in [0, 0.05) is 33.8 Å². The first-order valence-corrected chi connectivity index (χ1v) is 10.7. The molecule has 0 heterocycles. The highest BCUT2D eigenvalue weighted by atomic mass is 79.9. The number of anilines is 2. The molecule has 0 spiro atoms. The van der Waals surface area contributed by atoms with Crippen LogP contribution in [0.5, 0.6) is 17.2 Å². The van der Waals surface area contributed by atoms with Crippen LogP contribution in [0.25, 0.3) is 6.08 Å². The predicted octanol–water partition coefficient (Wildman–Crippen LogP) is 5.38. The topological polar surface area (TPSA) is 85.9 Å². The molecule has 33 heavy (non-hydrogen) atoms. The lowest BCUT2D eigenvalue weighted by Gasteiger charge is -2.16. The van der Waals surface area contributed by atoms with Crippen molar-refractivity contribution in [3.05, 3.63) is 82.3 Å². The summed E-state index contributed by atoms with van der Waals surface area (Å²) in [6.07, 6.45) is 3.04. The number of rotatable bonds is 8. The predicted molar refractivity (Wildman–Crippen MR) is 132 cm³/mol. The van der Waals surface area contributed by atoms with Gasteiger partial charge in [0.1, 0.15) is 17.2 Å². The number of halogens is 1. The minimum absolute atomic E-state index is 0.293. The van der Waals surface area contributed by atoms with Crippen molar-refractivity contribution in [2.75, 3.05) is 32.0 Å². The Bertz CT molecular complexity index is 1180. The second-order valence-corrected chi connectivity index (χ2v) is 7.70. The molecule has 0 unspecified atom stereocenters. The molecule has 0 fully saturated rings. The van der Waals surface area contributed by atoms with Gasteiger partial charge in [0.2, 0.25) is 5.91 Å². The van der Waals surface area contributed by atoms with E-state index in [9.17, 15) is 9.59 Å². The van der Waals surface area contributed by atoms with Gasteiger partial charge in [-0.05, 0) is 36.4 Å². The zero-order valence-corrected chi connectivity index (χ0v) is 19.9. The van der Waals surface area contributed by atoms with E-state index in [2.05, 4.69) is 26.6 Å². The van der Waals surface area contributed by atoms with Gasteiger partial charge in [0.15, 0.2) is 0 Å². The lowest BCUT2D eigenvalue weighted by atomic mass is 10.1. The van der Waals surface area contributed by atoms with Crippen LogP contribution in [0, 0.1) is 0 Å². The van der Waals surface area contributed by atoms with Gasteiger partial charge in [0.05, 0.1) is 32.7 Å². The zero-order valence-electron chi connectivity index (χ0n) is 18.3. The third-order valence-electron chi connectivity index (χ3n) is 4.67. The molecule has 0 radical (unpaired) electrons. The Balaban J connectivity index is 1.81. The number of carbonyl (C=O) groups is 2. The molecule has 0 aromatic heterocycles. The molecule has 2 N–H and O–H groups in total. The summed E-state index contributed by atoms with van der Waals surface area (Å²) in [7, 11) is 4.52. The fourth-order valence-corrected chi connectivity index (χ4v) is 3.43. The second kappa shape index (κ2) is 11.2. The molecule has 3 rings (SSSR count). The average molecular weight is 511 g/mol. The number of nitrogens with one attached hydrogen (secondary N) is 2. The van der Waals surface area contributed by atoms with Gasteiger partial charge in [-0.2, -0.15) is 0 Å². The van der Waals surface area contributed by atoms with E-state index >= 15 is 0 Å². The van der Waals surface area contributed by atoms with Crippen molar-refractivity contribution in [3.63, 3.8) is 0 Å². The van der Waals surface area contributed by atoms with E-state index in [1.807, 2.05) is 18.2 Å². The molecule has 0 atom stereocenters. The third-order valence-corrected chi connectivity index (χ3v) is 5.16. The van der Waals surface area contributed by atoms with Crippen LogP contribution in [-0.4, -0.2) is 33.1 Å². The van der Waals surface area contributed by atoms with Gasteiger partial charge in [-0.3, -0.25) is 9.59 Å². The third kappa shape index (κ3) is 6.14. The van der Waals surface area contributed by atoms with E-state index in [0.717, 1.165) is 10.0 Å². The standard InChI is InChI=1S/C25H23BrN2O5/c1-31-21-11-10-18(26)13-17(21)9-12-24(29)27-19-14-23(33-3)20(15-22(19)32-2)28-25(30)16-7-5-4-6-8-16/h4-15H,1-3H3,(H,27,29)(H,28,30)/b12-9+. The Labute approximate surface area is 200 Å². The lowest BCUT2D eigenvalue weighted by molar-refractivity contribution is -0.111. The minimum Gasteiger partial charge on any atom is -0.496 e. The van der Waals surface area contributed by atoms with Crippen molar-refractivity contribution < 1.29 is 23.8 Å². The molecule has 8 heteroatoms. The van der Waals surface area contributed by atoms with Crippen molar-refractivity contribution >= 4 is 45.2 Å². The Hall–Kier alpha value is -3.78. The van der Waals surface area contributed by atoms with E-state index in [-0.39, 0.29) is 11.8 Å². The zero-order chi connectivity index (χ0) is 23.8. The van der Waals surface area contributed by atoms with E-state index in [1.165, 1.54) is 20.3 Å².